The average molecular weight is 409 g/mol. The zero-order valence-electron chi connectivity index (χ0n) is 17.2. The third-order valence-corrected chi connectivity index (χ3v) is 4.74. The number of benzene rings is 2. The van der Waals surface area contributed by atoms with Crippen molar-refractivity contribution in [2.24, 2.45) is 7.05 Å². The van der Waals surface area contributed by atoms with E-state index in [1.54, 1.807) is 43.8 Å². The zero-order valence-corrected chi connectivity index (χ0v) is 17.2. The second-order valence-electron chi connectivity index (χ2n) is 6.71. The molecule has 1 aromatic heterocycles. The van der Waals surface area contributed by atoms with Gasteiger partial charge in [0.1, 0.15) is 11.4 Å². The molecular weight excluding hydrogens is 386 g/mol. The molecule has 1 amide bonds. The molecule has 0 radical (unpaired) electrons. The number of rotatable bonds is 6. The zero-order chi connectivity index (χ0) is 21.8. The van der Waals surface area contributed by atoms with Crippen molar-refractivity contribution in [1.29, 1.82) is 0 Å². The highest BCUT2D eigenvalue weighted by Gasteiger charge is 2.22. The predicted molar refractivity (Wildman–Crippen MR) is 112 cm³/mol. The number of para-hydroxylation sites is 1. The first-order valence-electron chi connectivity index (χ1n) is 9.33. The van der Waals surface area contributed by atoms with E-state index in [1.807, 2.05) is 30.3 Å². The van der Waals surface area contributed by atoms with Crippen LogP contribution in [0.4, 0.5) is 5.69 Å². The van der Waals surface area contributed by atoms with E-state index < -0.39 is 18.0 Å². The minimum Gasteiger partial charge on any atom is -0.481 e. The SMILES string of the molecule is COC(=O)c1cccc(O[C@@H](C)C(=O)Nc2c(C)n(C)n(-c3ccccc3)c2=O)c1. The van der Waals surface area contributed by atoms with Gasteiger partial charge < -0.3 is 14.8 Å². The molecule has 1 atom stereocenters. The van der Waals surface area contributed by atoms with Crippen molar-refractivity contribution in [2.45, 2.75) is 20.0 Å². The van der Waals surface area contributed by atoms with Crippen molar-refractivity contribution in [3.63, 3.8) is 0 Å². The standard InChI is InChI=1S/C22H23N3O5/c1-14-19(21(27)25(24(14)3)17-10-6-5-7-11-17)23-20(26)15(2)30-18-12-8-9-16(13-18)22(28)29-4/h5-13,15H,1-4H3,(H,23,26)/t15-/m0/s1. The van der Waals surface area contributed by atoms with E-state index in [-0.39, 0.29) is 11.2 Å². The van der Waals surface area contributed by atoms with Gasteiger partial charge in [0.05, 0.1) is 24.1 Å². The molecule has 2 aromatic carbocycles. The van der Waals surface area contributed by atoms with E-state index in [4.69, 9.17) is 4.74 Å². The van der Waals surface area contributed by atoms with Crippen LogP contribution < -0.4 is 15.6 Å². The first-order chi connectivity index (χ1) is 14.3. The largest absolute Gasteiger partial charge is 0.481 e. The molecule has 156 valence electrons. The fourth-order valence-electron chi connectivity index (χ4n) is 3.01. The third-order valence-electron chi connectivity index (χ3n) is 4.74. The summed E-state index contributed by atoms with van der Waals surface area (Å²) in [5, 5.41) is 2.67. The lowest BCUT2D eigenvalue weighted by molar-refractivity contribution is -0.122. The Morgan fingerprint density at radius 1 is 1.07 bits per heavy atom. The van der Waals surface area contributed by atoms with E-state index in [0.29, 0.717) is 22.7 Å². The fourth-order valence-corrected chi connectivity index (χ4v) is 3.01. The molecule has 0 aliphatic rings. The molecule has 30 heavy (non-hydrogen) atoms. The minimum absolute atomic E-state index is 0.185. The summed E-state index contributed by atoms with van der Waals surface area (Å²) in [6.45, 7) is 3.32. The summed E-state index contributed by atoms with van der Waals surface area (Å²) in [6.07, 6.45) is -0.901. The maximum atomic E-state index is 12.9. The number of methoxy groups -OCH3 is 1. The van der Waals surface area contributed by atoms with E-state index in [0.717, 1.165) is 0 Å². The van der Waals surface area contributed by atoms with Gasteiger partial charge in [-0.15, -0.1) is 0 Å². The number of hydrogen-bond acceptors (Lipinski definition) is 5. The maximum absolute atomic E-state index is 12.9. The molecule has 3 rings (SSSR count). The summed E-state index contributed by atoms with van der Waals surface area (Å²) in [6, 6.07) is 15.5. The van der Waals surface area contributed by atoms with Crippen molar-refractivity contribution >= 4 is 17.6 Å². The first kappa shape index (κ1) is 20.9. The Labute approximate surface area is 173 Å². The Morgan fingerprint density at radius 3 is 2.43 bits per heavy atom. The summed E-state index contributed by atoms with van der Waals surface area (Å²) >= 11 is 0. The van der Waals surface area contributed by atoms with Gasteiger partial charge in [0, 0.05) is 7.05 Å². The van der Waals surface area contributed by atoms with Gasteiger partial charge in [-0.25, -0.2) is 9.48 Å². The Bertz CT molecular complexity index is 1130. The van der Waals surface area contributed by atoms with E-state index >= 15 is 0 Å². The Balaban J connectivity index is 1.80. The third kappa shape index (κ3) is 4.12. The molecule has 0 aliphatic heterocycles. The topological polar surface area (TPSA) is 91.6 Å². The van der Waals surface area contributed by atoms with Crippen LogP contribution in [0.1, 0.15) is 23.0 Å². The van der Waals surface area contributed by atoms with E-state index in [9.17, 15) is 14.4 Å². The normalized spacial score (nSPS) is 11.6. The lowest BCUT2D eigenvalue weighted by Crippen LogP contribution is -2.32. The fraction of sp³-hybridized carbons (Fsp3) is 0.227. The van der Waals surface area contributed by atoms with Gasteiger partial charge >= 0.3 is 5.97 Å². The van der Waals surface area contributed by atoms with Crippen LogP contribution >= 0.6 is 0 Å². The molecule has 0 saturated carbocycles. The van der Waals surface area contributed by atoms with E-state index in [1.165, 1.54) is 17.9 Å². The predicted octanol–water partition coefficient (Wildman–Crippen LogP) is 2.68. The molecule has 1 heterocycles. The molecule has 0 spiro atoms. The lowest BCUT2D eigenvalue weighted by Gasteiger charge is -2.14. The Hall–Kier alpha value is -3.81. The van der Waals surface area contributed by atoms with Crippen LogP contribution in [-0.4, -0.2) is 34.5 Å². The highest BCUT2D eigenvalue weighted by molar-refractivity contribution is 5.94. The molecule has 8 nitrogen and oxygen atoms in total. The van der Waals surface area contributed by atoms with Gasteiger partial charge in [0.15, 0.2) is 6.10 Å². The van der Waals surface area contributed by atoms with Crippen LogP contribution in [-0.2, 0) is 16.6 Å². The molecule has 0 saturated heterocycles. The summed E-state index contributed by atoms with van der Waals surface area (Å²) in [5.74, 6) is -0.643. The molecular formula is C22H23N3O5. The minimum atomic E-state index is -0.901. The monoisotopic (exact) mass is 409 g/mol. The summed E-state index contributed by atoms with van der Waals surface area (Å²) < 4.78 is 13.5. The van der Waals surface area contributed by atoms with Crippen LogP contribution in [0, 0.1) is 6.92 Å². The van der Waals surface area contributed by atoms with Crippen molar-refractivity contribution in [3.8, 4) is 11.4 Å². The molecule has 8 heteroatoms. The number of aromatic nitrogens is 2. The van der Waals surface area contributed by atoms with Gasteiger partial charge in [-0.1, -0.05) is 24.3 Å². The highest BCUT2D eigenvalue weighted by atomic mass is 16.5. The van der Waals surface area contributed by atoms with Gasteiger partial charge in [-0.05, 0) is 44.2 Å². The van der Waals surface area contributed by atoms with Crippen LogP contribution in [0.15, 0.2) is 59.4 Å². The summed E-state index contributed by atoms with van der Waals surface area (Å²) in [7, 11) is 3.04. The second-order valence-corrected chi connectivity index (χ2v) is 6.71. The molecule has 1 N–H and O–H groups in total. The maximum Gasteiger partial charge on any atom is 0.337 e. The van der Waals surface area contributed by atoms with Crippen molar-refractivity contribution in [2.75, 3.05) is 12.4 Å². The molecule has 0 bridgehead atoms. The second kappa shape index (κ2) is 8.69. The Morgan fingerprint density at radius 2 is 1.77 bits per heavy atom. The van der Waals surface area contributed by atoms with Gasteiger partial charge in [-0.3, -0.25) is 14.3 Å². The summed E-state index contributed by atoms with van der Waals surface area (Å²) in [5.41, 5.74) is 1.46. The first-order valence-corrected chi connectivity index (χ1v) is 9.33. The molecule has 3 aromatic rings. The van der Waals surface area contributed by atoms with Crippen molar-refractivity contribution in [3.05, 3.63) is 76.2 Å². The summed E-state index contributed by atoms with van der Waals surface area (Å²) in [4.78, 5) is 37.2. The molecule has 0 aliphatic carbocycles. The van der Waals surface area contributed by atoms with Crippen molar-refractivity contribution in [1.82, 2.24) is 9.36 Å². The van der Waals surface area contributed by atoms with Gasteiger partial charge in [-0.2, -0.15) is 0 Å². The molecule has 0 fully saturated rings. The lowest BCUT2D eigenvalue weighted by atomic mass is 10.2. The van der Waals surface area contributed by atoms with Crippen LogP contribution in [0.3, 0.4) is 0 Å². The van der Waals surface area contributed by atoms with Crippen LogP contribution in [0.5, 0.6) is 5.75 Å². The quantitative estimate of drug-likeness (QED) is 0.632. The average Bonchev–Trinajstić information content (AvgIpc) is 2.97. The molecule has 0 unspecified atom stereocenters. The number of nitrogens with one attached hydrogen (secondary N) is 1. The Kier molecular flexibility index (Phi) is 6.06. The van der Waals surface area contributed by atoms with Gasteiger partial charge in [0.25, 0.3) is 11.5 Å². The number of nitrogens with zero attached hydrogens (tertiary/aromatic N) is 2. The number of carbonyl (C=O) groups excluding carboxylic acids is 2. The van der Waals surface area contributed by atoms with Crippen LogP contribution in [0.2, 0.25) is 0 Å². The van der Waals surface area contributed by atoms with E-state index in [2.05, 4.69) is 10.1 Å². The number of anilines is 1. The van der Waals surface area contributed by atoms with Crippen molar-refractivity contribution < 1.29 is 19.1 Å². The smallest absolute Gasteiger partial charge is 0.337 e. The number of amides is 1. The number of esters is 1. The van der Waals surface area contributed by atoms with Gasteiger partial charge in [0.2, 0.25) is 0 Å². The number of carbonyl (C=O) groups is 2. The van der Waals surface area contributed by atoms with Crippen LogP contribution in [0.25, 0.3) is 5.69 Å². The number of hydrogen-bond donors (Lipinski definition) is 1. The number of ether oxygens (including phenoxy) is 2. The highest BCUT2D eigenvalue weighted by Crippen LogP contribution is 2.18.